The molecule has 1 aliphatic heterocycles. The number of Topliss-reactive ketones (excluding diaryl/α,β-unsaturated/α-hetero) is 1. The Morgan fingerprint density at radius 2 is 1.82 bits per heavy atom. The van der Waals surface area contributed by atoms with Gasteiger partial charge in [-0.1, -0.05) is 30.3 Å². The number of ketones is 1. The van der Waals surface area contributed by atoms with Crippen molar-refractivity contribution in [3.05, 3.63) is 64.2 Å². The minimum absolute atomic E-state index is 0.171. The zero-order chi connectivity index (χ0) is 20.1. The Kier molecular flexibility index (Phi) is 6.02. The van der Waals surface area contributed by atoms with Gasteiger partial charge in [0.1, 0.15) is 0 Å². The van der Waals surface area contributed by atoms with Gasteiger partial charge in [-0.15, -0.1) is 0 Å². The highest BCUT2D eigenvalue weighted by atomic mass is 32.2. The molecule has 0 N–H and O–H groups in total. The molecule has 1 aliphatic rings. The molecule has 0 saturated carbocycles. The van der Waals surface area contributed by atoms with E-state index in [0.29, 0.717) is 5.56 Å². The molecule has 3 rings (SSSR count). The molecule has 10 heteroatoms. The minimum atomic E-state index is -3.88. The van der Waals surface area contributed by atoms with Crippen LogP contribution in [0.15, 0.2) is 53.4 Å². The van der Waals surface area contributed by atoms with Crippen LogP contribution in [0.3, 0.4) is 0 Å². The number of rotatable bonds is 7. The number of nitro benzene ring substituents is 1. The van der Waals surface area contributed by atoms with Crippen molar-refractivity contribution in [2.75, 3.05) is 32.9 Å². The maximum absolute atomic E-state index is 12.7. The van der Waals surface area contributed by atoms with Gasteiger partial charge in [-0.3, -0.25) is 14.9 Å². The zero-order valence-electron chi connectivity index (χ0n) is 14.8. The van der Waals surface area contributed by atoms with Gasteiger partial charge in [0.2, 0.25) is 10.0 Å². The second kappa shape index (κ2) is 8.46. The molecule has 28 heavy (non-hydrogen) atoms. The molecule has 2 aromatic rings. The lowest BCUT2D eigenvalue weighted by Crippen LogP contribution is -2.40. The lowest BCUT2D eigenvalue weighted by atomic mass is 10.1. The van der Waals surface area contributed by atoms with Crippen LogP contribution < -0.4 is 4.74 Å². The predicted molar refractivity (Wildman–Crippen MR) is 98.9 cm³/mol. The first-order valence-corrected chi connectivity index (χ1v) is 9.91. The molecule has 1 fully saturated rings. The fraction of sp³-hybridized carbons (Fsp3) is 0.278. The van der Waals surface area contributed by atoms with Crippen LogP contribution in [0.5, 0.6) is 5.75 Å². The van der Waals surface area contributed by atoms with Crippen molar-refractivity contribution < 1.29 is 27.6 Å². The van der Waals surface area contributed by atoms with E-state index in [2.05, 4.69) is 0 Å². The van der Waals surface area contributed by atoms with Gasteiger partial charge in [-0.25, -0.2) is 8.42 Å². The summed E-state index contributed by atoms with van der Waals surface area (Å²) >= 11 is 0. The molecular weight excluding hydrogens is 388 g/mol. The van der Waals surface area contributed by atoms with E-state index < -0.39 is 27.2 Å². The summed E-state index contributed by atoms with van der Waals surface area (Å²) in [6.45, 7) is 0.495. The third-order valence-corrected chi connectivity index (χ3v) is 6.08. The fourth-order valence-electron chi connectivity index (χ4n) is 2.71. The summed E-state index contributed by atoms with van der Waals surface area (Å²) < 4.78 is 37.0. The Labute approximate surface area is 161 Å². The second-order valence-electron chi connectivity index (χ2n) is 5.98. The van der Waals surface area contributed by atoms with Crippen molar-refractivity contribution in [3.8, 4) is 5.75 Å². The van der Waals surface area contributed by atoms with Gasteiger partial charge in [0.15, 0.2) is 18.1 Å². The standard InChI is InChI=1S/C18H18N2O7S/c21-17(14-4-2-1-3-5-14)13-27-18-7-6-15(12-16(18)20(22)23)28(24,25)19-8-10-26-11-9-19/h1-7,12H,8-11,13H2. The highest BCUT2D eigenvalue weighted by Gasteiger charge is 2.29. The van der Waals surface area contributed by atoms with Crippen LogP contribution in [-0.2, 0) is 14.8 Å². The summed E-state index contributed by atoms with van der Waals surface area (Å²) in [6, 6.07) is 11.8. The first-order chi connectivity index (χ1) is 13.4. The number of carbonyl (C=O) groups excluding carboxylic acids is 1. The average Bonchev–Trinajstić information content (AvgIpc) is 2.73. The van der Waals surface area contributed by atoms with Gasteiger partial charge >= 0.3 is 5.69 Å². The van der Waals surface area contributed by atoms with Crippen molar-refractivity contribution in [1.29, 1.82) is 0 Å². The van der Waals surface area contributed by atoms with E-state index in [1.165, 1.54) is 16.4 Å². The van der Waals surface area contributed by atoms with E-state index in [9.17, 15) is 23.3 Å². The van der Waals surface area contributed by atoms with Gasteiger partial charge < -0.3 is 9.47 Å². The third-order valence-electron chi connectivity index (χ3n) is 4.19. The molecule has 2 aromatic carbocycles. The number of ether oxygens (including phenoxy) is 2. The van der Waals surface area contributed by atoms with Gasteiger partial charge in [-0.05, 0) is 12.1 Å². The molecule has 0 aromatic heterocycles. The van der Waals surface area contributed by atoms with Crippen molar-refractivity contribution in [2.45, 2.75) is 4.90 Å². The first-order valence-electron chi connectivity index (χ1n) is 8.47. The summed E-state index contributed by atoms with van der Waals surface area (Å²) in [6.07, 6.45) is 0. The molecule has 1 saturated heterocycles. The number of morpholine rings is 1. The summed E-state index contributed by atoms with van der Waals surface area (Å²) in [5, 5.41) is 11.4. The summed E-state index contributed by atoms with van der Waals surface area (Å²) in [5.74, 6) is -0.518. The summed E-state index contributed by atoms with van der Waals surface area (Å²) in [4.78, 5) is 22.6. The number of nitro groups is 1. The Hall–Kier alpha value is -2.82. The van der Waals surface area contributed by atoms with Gasteiger partial charge in [-0.2, -0.15) is 4.31 Å². The van der Waals surface area contributed by atoms with Crippen molar-refractivity contribution >= 4 is 21.5 Å². The Bertz CT molecular complexity index is 971. The highest BCUT2D eigenvalue weighted by molar-refractivity contribution is 7.89. The number of carbonyl (C=O) groups is 1. The van der Waals surface area contributed by atoms with E-state index in [1.807, 2.05) is 0 Å². The average molecular weight is 406 g/mol. The Morgan fingerprint density at radius 3 is 2.46 bits per heavy atom. The zero-order valence-corrected chi connectivity index (χ0v) is 15.6. The molecular formula is C18H18N2O7S. The maximum atomic E-state index is 12.7. The largest absolute Gasteiger partial charge is 0.478 e. The number of sulfonamides is 1. The second-order valence-corrected chi connectivity index (χ2v) is 7.92. The normalized spacial score (nSPS) is 15.1. The maximum Gasteiger partial charge on any atom is 0.312 e. The third kappa shape index (κ3) is 4.35. The highest BCUT2D eigenvalue weighted by Crippen LogP contribution is 2.31. The van der Waals surface area contributed by atoms with Crippen LogP contribution in [0.2, 0.25) is 0 Å². The Morgan fingerprint density at radius 1 is 1.14 bits per heavy atom. The van der Waals surface area contributed by atoms with E-state index >= 15 is 0 Å². The Balaban J connectivity index is 1.81. The van der Waals surface area contributed by atoms with Gasteiger partial charge in [0, 0.05) is 24.7 Å². The molecule has 0 bridgehead atoms. The number of nitrogens with zero attached hydrogens (tertiary/aromatic N) is 2. The van der Waals surface area contributed by atoms with Crippen LogP contribution in [0.25, 0.3) is 0 Å². The smallest absolute Gasteiger partial charge is 0.312 e. The monoisotopic (exact) mass is 406 g/mol. The van der Waals surface area contributed by atoms with Crippen molar-refractivity contribution in [3.63, 3.8) is 0 Å². The predicted octanol–water partition coefficient (Wildman–Crippen LogP) is 1.88. The van der Waals surface area contributed by atoms with Crippen LogP contribution in [0.1, 0.15) is 10.4 Å². The topological polar surface area (TPSA) is 116 Å². The number of hydrogen-bond acceptors (Lipinski definition) is 7. The quantitative estimate of drug-likeness (QED) is 0.391. The lowest BCUT2D eigenvalue weighted by Gasteiger charge is -2.26. The van der Waals surface area contributed by atoms with E-state index in [0.717, 1.165) is 6.07 Å². The van der Waals surface area contributed by atoms with E-state index in [-0.39, 0.29) is 42.7 Å². The molecule has 0 spiro atoms. The molecule has 0 aliphatic carbocycles. The first kappa shape index (κ1) is 19.9. The van der Waals surface area contributed by atoms with Crippen LogP contribution >= 0.6 is 0 Å². The summed E-state index contributed by atoms with van der Waals surface area (Å²) in [5.41, 5.74) is -0.105. The molecule has 0 radical (unpaired) electrons. The van der Waals surface area contributed by atoms with Crippen LogP contribution in [-0.4, -0.2) is 56.3 Å². The molecule has 148 valence electrons. The molecule has 0 atom stereocenters. The molecule has 0 unspecified atom stereocenters. The lowest BCUT2D eigenvalue weighted by molar-refractivity contribution is -0.386. The minimum Gasteiger partial charge on any atom is -0.478 e. The SMILES string of the molecule is O=C(COc1ccc(S(=O)(=O)N2CCOCC2)cc1[N+](=O)[O-])c1ccccc1. The van der Waals surface area contributed by atoms with E-state index in [1.54, 1.807) is 30.3 Å². The molecule has 0 amide bonds. The fourth-order valence-corrected chi connectivity index (χ4v) is 4.14. The summed E-state index contributed by atoms with van der Waals surface area (Å²) in [7, 11) is -3.88. The molecule has 9 nitrogen and oxygen atoms in total. The van der Waals surface area contributed by atoms with Gasteiger partial charge in [0.05, 0.1) is 23.0 Å². The van der Waals surface area contributed by atoms with Gasteiger partial charge in [0.25, 0.3) is 0 Å². The molecule has 1 heterocycles. The number of hydrogen-bond donors (Lipinski definition) is 0. The van der Waals surface area contributed by atoms with E-state index in [4.69, 9.17) is 9.47 Å². The van der Waals surface area contributed by atoms with Crippen molar-refractivity contribution in [2.24, 2.45) is 0 Å². The number of benzene rings is 2. The van der Waals surface area contributed by atoms with Crippen LogP contribution in [0, 0.1) is 10.1 Å². The van der Waals surface area contributed by atoms with Crippen LogP contribution in [0.4, 0.5) is 5.69 Å². The van der Waals surface area contributed by atoms with Crippen molar-refractivity contribution in [1.82, 2.24) is 4.31 Å².